The Kier molecular flexibility index (Phi) is 3.59. The van der Waals surface area contributed by atoms with Gasteiger partial charge in [0.25, 0.3) is 0 Å². The Bertz CT molecular complexity index is 329. The molecule has 0 aromatic carbocycles. The molecular weight excluding hydrogens is 254 g/mol. The van der Waals surface area contributed by atoms with Crippen molar-refractivity contribution in [3.8, 4) is 0 Å². The number of anilines is 1. The lowest BCUT2D eigenvalue weighted by Crippen LogP contribution is -2.36. The second-order valence-electron chi connectivity index (χ2n) is 3.87. The summed E-state index contributed by atoms with van der Waals surface area (Å²) in [6.07, 6.45) is 6.27. The van der Waals surface area contributed by atoms with Gasteiger partial charge in [0.15, 0.2) is 0 Å². The van der Waals surface area contributed by atoms with Crippen molar-refractivity contribution < 1.29 is 0 Å². The lowest BCUT2D eigenvalue weighted by Gasteiger charge is -2.27. The predicted octanol–water partition coefficient (Wildman–Crippen LogP) is 2.03. The summed E-state index contributed by atoms with van der Waals surface area (Å²) in [5.74, 6) is 0. The first kappa shape index (κ1) is 10.9. The van der Waals surface area contributed by atoms with Gasteiger partial charge in [-0.2, -0.15) is 0 Å². The Morgan fingerprint density at radius 3 is 3.27 bits per heavy atom. The molecule has 1 N–H and O–H groups in total. The van der Waals surface area contributed by atoms with Gasteiger partial charge < -0.3 is 10.2 Å². The maximum Gasteiger partial charge on any atom is 0.0592 e. The normalized spacial score (nSPS) is 20.9. The summed E-state index contributed by atoms with van der Waals surface area (Å²) in [5.41, 5.74) is 1.27. The number of hydrogen-bond donors (Lipinski definition) is 1. The number of aromatic nitrogens is 1. The molecule has 82 valence electrons. The zero-order valence-electron chi connectivity index (χ0n) is 8.91. The molecule has 4 heteroatoms. The lowest BCUT2D eigenvalue weighted by molar-refractivity contribution is 0.615. The quantitative estimate of drug-likeness (QED) is 0.911. The molecule has 0 bridgehead atoms. The Morgan fingerprint density at radius 1 is 1.67 bits per heavy atom. The van der Waals surface area contributed by atoms with Gasteiger partial charge in [-0.25, -0.2) is 0 Å². The number of rotatable bonds is 3. The van der Waals surface area contributed by atoms with E-state index in [0.29, 0.717) is 6.04 Å². The number of halogens is 1. The van der Waals surface area contributed by atoms with Crippen molar-refractivity contribution in [3.05, 3.63) is 22.9 Å². The second-order valence-corrected chi connectivity index (χ2v) is 4.73. The average Bonchev–Trinajstić information content (AvgIpc) is 2.67. The van der Waals surface area contributed by atoms with E-state index in [0.717, 1.165) is 17.6 Å². The summed E-state index contributed by atoms with van der Waals surface area (Å²) in [5, 5.41) is 3.26. The molecule has 1 atom stereocenters. The maximum absolute atomic E-state index is 4.10. The van der Waals surface area contributed by atoms with Crippen molar-refractivity contribution in [1.82, 2.24) is 10.3 Å². The molecule has 0 saturated carbocycles. The number of pyridine rings is 1. The summed E-state index contributed by atoms with van der Waals surface area (Å²) < 4.78 is 1.09. The first-order valence-electron chi connectivity index (χ1n) is 5.33. The molecule has 1 aliphatic rings. The molecule has 0 spiro atoms. The molecule has 0 amide bonds. The van der Waals surface area contributed by atoms with Crippen molar-refractivity contribution in [1.29, 1.82) is 0 Å². The van der Waals surface area contributed by atoms with Crippen LogP contribution in [0.4, 0.5) is 5.69 Å². The van der Waals surface area contributed by atoms with Crippen LogP contribution in [-0.2, 0) is 0 Å². The summed E-state index contributed by atoms with van der Waals surface area (Å²) >= 11 is 3.56. The van der Waals surface area contributed by atoms with Gasteiger partial charge in [0.2, 0.25) is 0 Å². The van der Waals surface area contributed by atoms with Crippen LogP contribution in [0, 0.1) is 0 Å². The van der Waals surface area contributed by atoms with Crippen LogP contribution in [0.3, 0.4) is 0 Å². The minimum Gasteiger partial charge on any atom is -0.366 e. The third-order valence-corrected chi connectivity index (χ3v) is 3.49. The Hall–Kier alpha value is -0.610. The van der Waals surface area contributed by atoms with E-state index in [1.807, 2.05) is 19.4 Å². The number of nitrogens with one attached hydrogen (secondary N) is 1. The Morgan fingerprint density at radius 2 is 2.53 bits per heavy atom. The maximum atomic E-state index is 4.10. The van der Waals surface area contributed by atoms with Crippen LogP contribution in [0.25, 0.3) is 0 Å². The zero-order valence-corrected chi connectivity index (χ0v) is 10.5. The van der Waals surface area contributed by atoms with E-state index in [-0.39, 0.29) is 0 Å². The second kappa shape index (κ2) is 4.94. The summed E-state index contributed by atoms with van der Waals surface area (Å²) in [7, 11) is 2.01. The van der Waals surface area contributed by atoms with Gasteiger partial charge in [-0.3, -0.25) is 4.98 Å². The van der Waals surface area contributed by atoms with Crippen LogP contribution >= 0.6 is 15.9 Å². The third kappa shape index (κ3) is 2.32. The molecule has 2 rings (SSSR count). The molecule has 1 aromatic heterocycles. The van der Waals surface area contributed by atoms with Gasteiger partial charge in [0, 0.05) is 31.5 Å². The number of nitrogens with zero attached hydrogens (tertiary/aromatic N) is 2. The number of hydrogen-bond acceptors (Lipinski definition) is 3. The molecule has 1 fully saturated rings. The summed E-state index contributed by atoms with van der Waals surface area (Å²) in [6, 6.07) is 2.70. The van der Waals surface area contributed by atoms with E-state index in [1.165, 1.54) is 18.5 Å². The van der Waals surface area contributed by atoms with Crippen LogP contribution in [0.5, 0.6) is 0 Å². The zero-order chi connectivity index (χ0) is 10.7. The lowest BCUT2D eigenvalue weighted by atomic mass is 10.2. The molecule has 2 heterocycles. The highest BCUT2D eigenvalue weighted by atomic mass is 79.9. The van der Waals surface area contributed by atoms with Crippen LogP contribution in [0.15, 0.2) is 22.9 Å². The van der Waals surface area contributed by atoms with E-state index in [2.05, 4.69) is 37.2 Å². The van der Waals surface area contributed by atoms with E-state index in [1.54, 1.807) is 0 Å². The van der Waals surface area contributed by atoms with Crippen molar-refractivity contribution in [2.75, 3.05) is 25.0 Å². The molecule has 15 heavy (non-hydrogen) atoms. The molecule has 0 aliphatic carbocycles. The van der Waals surface area contributed by atoms with Crippen molar-refractivity contribution >= 4 is 21.6 Å². The van der Waals surface area contributed by atoms with E-state index in [9.17, 15) is 0 Å². The fraction of sp³-hybridized carbons (Fsp3) is 0.545. The van der Waals surface area contributed by atoms with Gasteiger partial charge in [-0.05, 0) is 41.9 Å². The van der Waals surface area contributed by atoms with Gasteiger partial charge in [0.05, 0.1) is 10.2 Å². The highest BCUT2D eigenvalue weighted by Gasteiger charge is 2.25. The Labute approximate surface area is 99.0 Å². The van der Waals surface area contributed by atoms with E-state index in [4.69, 9.17) is 0 Å². The average molecular weight is 270 g/mol. The standard InChI is InChI=1S/C11H16BrN3/c1-13-7-9-3-2-6-15(9)11-4-5-14-8-10(11)12/h4-5,8-9,13H,2-3,6-7H2,1H3. The number of likely N-dealkylation sites (N-methyl/N-ethyl adjacent to an activating group) is 1. The van der Waals surface area contributed by atoms with Crippen LogP contribution in [0.2, 0.25) is 0 Å². The van der Waals surface area contributed by atoms with Gasteiger partial charge >= 0.3 is 0 Å². The fourth-order valence-corrected chi connectivity index (χ4v) is 2.68. The van der Waals surface area contributed by atoms with Crippen LogP contribution < -0.4 is 10.2 Å². The smallest absolute Gasteiger partial charge is 0.0592 e. The molecule has 1 saturated heterocycles. The van der Waals surface area contributed by atoms with Gasteiger partial charge in [-0.15, -0.1) is 0 Å². The third-order valence-electron chi connectivity index (χ3n) is 2.88. The van der Waals surface area contributed by atoms with Gasteiger partial charge in [-0.1, -0.05) is 0 Å². The SMILES string of the molecule is CNCC1CCCN1c1ccncc1Br. The van der Waals surface area contributed by atoms with Crippen LogP contribution in [0.1, 0.15) is 12.8 Å². The minimum atomic E-state index is 0.619. The van der Waals surface area contributed by atoms with Gasteiger partial charge in [0.1, 0.15) is 0 Å². The summed E-state index contributed by atoms with van der Waals surface area (Å²) in [4.78, 5) is 6.56. The monoisotopic (exact) mass is 269 g/mol. The van der Waals surface area contributed by atoms with Crippen molar-refractivity contribution in [2.24, 2.45) is 0 Å². The van der Waals surface area contributed by atoms with Crippen LogP contribution in [-0.4, -0.2) is 31.2 Å². The molecule has 1 aromatic rings. The minimum absolute atomic E-state index is 0.619. The van der Waals surface area contributed by atoms with E-state index >= 15 is 0 Å². The topological polar surface area (TPSA) is 28.2 Å². The Balaban J connectivity index is 2.19. The molecule has 1 aliphatic heterocycles. The molecule has 1 unspecified atom stereocenters. The highest BCUT2D eigenvalue weighted by Crippen LogP contribution is 2.30. The largest absolute Gasteiger partial charge is 0.366 e. The summed E-state index contributed by atoms with van der Waals surface area (Å²) in [6.45, 7) is 2.20. The van der Waals surface area contributed by atoms with E-state index < -0.39 is 0 Å². The molecule has 0 radical (unpaired) electrons. The molecule has 3 nitrogen and oxygen atoms in total. The molecular formula is C11H16BrN3. The first-order valence-corrected chi connectivity index (χ1v) is 6.13. The van der Waals surface area contributed by atoms with Crippen molar-refractivity contribution in [3.63, 3.8) is 0 Å². The van der Waals surface area contributed by atoms with Crippen molar-refractivity contribution in [2.45, 2.75) is 18.9 Å². The fourth-order valence-electron chi connectivity index (χ4n) is 2.20. The highest BCUT2D eigenvalue weighted by molar-refractivity contribution is 9.10. The first-order chi connectivity index (χ1) is 7.33. The predicted molar refractivity (Wildman–Crippen MR) is 66.2 cm³/mol.